The number of fused-ring (bicyclic) bond motifs is 2. The summed E-state index contributed by atoms with van der Waals surface area (Å²) in [6, 6.07) is 9.23. The van der Waals surface area contributed by atoms with E-state index >= 15 is 0 Å². The minimum atomic E-state index is -6.64. The Balaban J connectivity index is 2.00. The maximum absolute atomic E-state index is 13.7. The van der Waals surface area contributed by atoms with Crippen LogP contribution < -0.4 is 15.3 Å². The van der Waals surface area contributed by atoms with Gasteiger partial charge in [0.25, 0.3) is 0 Å². The molecule has 158 valence electrons. The number of carboxylic acid groups (broad SMARTS) is 1. The summed E-state index contributed by atoms with van der Waals surface area (Å²) in [6.07, 6.45) is 0. The SMILES string of the molecule is O=C([O-])C(F)(F)C(F)(F)C(F)(F)C(=O)Oc1ccc2sc3ccccc3c(=O)c2c1. The van der Waals surface area contributed by atoms with Gasteiger partial charge in [0.15, 0.2) is 5.43 Å². The minimum Gasteiger partial charge on any atom is -0.544 e. The fraction of sp³-hybridized carbons (Fsp3) is 0.167. The third-order valence-corrected chi connectivity index (χ3v) is 5.21. The smallest absolute Gasteiger partial charge is 0.411 e. The first-order valence-corrected chi connectivity index (χ1v) is 8.65. The first kappa shape index (κ1) is 21.6. The normalized spacial score (nSPS) is 12.9. The molecule has 0 amide bonds. The number of carbonyl (C=O) groups excluding carboxylic acids is 2. The fourth-order valence-corrected chi connectivity index (χ4v) is 3.52. The van der Waals surface area contributed by atoms with Crippen molar-refractivity contribution < 1.29 is 45.8 Å². The van der Waals surface area contributed by atoms with Crippen molar-refractivity contribution in [2.75, 3.05) is 0 Å². The molecule has 0 bridgehead atoms. The summed E-state index contributed by atoms with van der Waals surface area (Å²) in [4.78, 5) is 34.2. The van der Waals surface area contributed by atoms with Gasteiger partial charge in [-0.15, -0.1) is 11.3 Å². The van der Waals surface area contributed by atoms with Gasteiger partial charge in [-0.05, 0) is 30.3 Å². The third kappa shape index (κ3) is 3.16. The summed E-state index contributed by atoms with van der Waals surface area (Å²) >= 11 is 1.13. The Bertz CT molecular complexity index is 1240. The molecule has 0 aliphatic heterocycles. The highest BCUT2D eigenvalue weighted by molar-refractivity contribution is 7.24. The van der Waals surface area contributed by atoms with Gasteiger partial charge >= 0.3 is 23.7 Å². The zero-order valence-electron chi connectivity index (χ0n) is 14.3. The van der Waals surface area contributed by atoms with Crippen molar-refractivity contribution in [3.05, 3.63) is 52.7 Å². The molecule has 3 aromatic rings. The molecule has 0 aliphatic rings. The van der Waals surface area contributed by atoms with Gasteiger partial charge in [-0.3, -0.25) is 4.79 Å². The van der Waals surface area contributed by atoms with E-state index in [1.807, 2.05) is 0 Å². The molecule has 0 saturated carbocycles. The van der Waals surface area contributed by atoms with Crippen LogP contribution >= 0.6 is 11.3 Å². The molecule has 0 radical (unpaired) electrons. The number of ether oxygens (including phenoxy) is 1. The summed E-state index contributed by atoms with van der Waals surface area (Å²) in [6.45, 7) is 0. The predicted octanol–water partition coefficient (Wildman–Crippen LogP) is 2.98. The number of rotatable bonds is 5. The van der Waals surface area contributed by atoms with E-state index in [9.17, 15) is 45.8 Å². The Morgan fingerprint density at radius 1 is 0.867 bits per heavy atom. The molecule has 2 aromatic carbocycles. The van der Waals surface area contributed by atoms with Gasteiger partial charge in [-0.2, -0.15) is 26.3 Å². The van der Waals surface area contributed by atoms with Crippen molar-refractivity contribution in [3.8, 4) is 5.75 Å². The van der Waals surface area contributed by atoms with Gasteiger partial charge in [-0.1, -0.05) is 12.1 Å². The highest BCUT2D eigenvalue weighted by Crippen LogP contribution is 2.46. The van der Waals surface area contributed by atoms with Crippen LogP contribution in [0, 0.1) is 0 Å². The summed E-state index contributed by atoms with van der Waals surface area (Å²) in [5.41, 5.74) is -0.571. The van der Waals surface area contributed by atoms with E-state index in [1.165, 1.54) is 12.1 Å². The highest BCUT2D eigenvalue weighted by atomic mass is 32.1. The summed E-state index contributed by atoms with van der Waals surface area (Å²) in [5.74, 6) is -27.0. The van der Waals surface area contributed by atoms with Crippen molar-refractivity contribution in [1.29, 1.82) is 0 Å². The van der Waals surface area contributed by atoms with Gasteiger partial charge in [0.05, 0.1) is 0 Å². The lowest BCUT2D eigenvalue weighted by atomic mass is 10.0. The predicted molar refractivity (Wildman–Crippen MR) is 91.1 cm³/mol. The number of halogens is 6. The van der Waals surface area contributed by atoms with E-state index in [4.69, 9.17) is 0 Å². The molecule has 30 heavy (non-hydrogen) atoms. The average Bonchev–Trinajstić information content (AvgIpc) is 2.68. The molecule has 0 saturated heterocycles. The van der Waals surface area contributed by atoms with E-state index in [2.05, 4.69) is 4.74 Å². The largest absolute Gasteiger partial charge is 0.544 e. The molecule has 1 aromatic heterocycles. The molecule has 0 N–H and O–H groups in total. The number of hydrogen-bond donors (Lipinski definition) is 0. The monoisotopic (exact) mass is 449 g/mol. The number of aliphatic carboxylic acids is 1. The van der Waals surface area contributed by atoms with Crippen LogP contribution in [0.5, 0.6) is 5.75 Å². The fourth-order valence-electron chi connectivity index (χ4n) is 2.47. The maximum Gasteiger partial charge on any atom is 0.411 e. The number of carbonyl (C=O) groups is 2. The Kier molecular flexibility index (Phi) is 5.01. The Hall–Kier alpha value is -3.15. The van der Waals surface area contributed by atoms with E-state index < -0.39 is 40.9 Å². The molecule has 1 heterocycles. The van der Waals surface area contributed by atoms with Crippen LogP contribution in [-0.4, -0.2) is 29.7 Å². The van der Waals surface area contributed by atoms with E-state index in [-0.39, 0.29) is 10.8 Å². The summed E-state index contributed by atoms with van der Waals surface area (Å²) < 4.78 is 85.2. The molecular weight excluding hydrogens is 442 g/mol. The Morgan fingerprint density at radius 2 is 1.47 bits per heavy atom. The maximum atomic E-state index is 13.7. The molecule has 0 fully saturated rings. The first-order valence-electron chi connectivity index (χ1n) is 7.83. The number of carboxylic acids is 1. The molecule has 5 nitrogen and oxygen atoms in total. The topological polar surface area (TPSA) is 83.5 Å². The van der Waals surface area contributed by atoms with E-state index in [1.54, 1.807) is 18.2 Å². The Labute approximate surface area is 166 Å². The van der Waals surface area contributed by atoms with Crippen molar-refractivity contribution >= 4 is 43.4 Å². The van der Waals surface area contributed by atoms with Crippen LogP contribution in [0.25, 0.3) is 20.2 Å². The second kappa shape index (κ2) is 6.97. The van der Waals surface area contributed by atoms with Crippen LogP contribution in [0.1, 0.15) is 0 Å². The molecule has 0 spiro atoms. The highest BCUT2D eigenvalue weighted by Gasteiger charge is 2.76. The molecule has 3 rings (SSSR count). The zero-order chi connectivity index (χ0) is 22.5. The van der Waals surface area contributed by atoms with Crippen LogP contribution in [-0.2, 0) is 9.59 Å². The van der Waals surface area contributed by atoms with Gasteiger partial charge in [0.2, 0.25) is 0 Å². The summed E-state index contributed by atoms with van der Waals surface area (Å²) in [7, 11) is 0. The number of esters is 1. The quantitative estimate of drug-likeness (QED) is 0.259. The lowest BCUT2D eigenvalue weighted by Crippen LogP contribution is -2.64. The van der Waals surface area contributed by atoms with Crippen LogP contribution in [0.3, 0.4) is 0 Å². The third-order valence-electron chi connectivity index (χ3n) is 4.06. The standard InChI is InChI=1S/C18H8F6O5S/c19-16(20,14(26)27)18(23,24)17(21,22)15(28)29-8-5-6-12-10(7-8)13(25)9-3-1-2-4-11(9)30-12/h1-7H,(H,26,27)/p-1. The van der Waals surface area contributed by atoms with Gasteiger partial charge in [-0.25, -0.2) is 4.79 Å². The van der Waals surface area contributed by atoms with Gasteiger partial charge in [0.1, 0.15) is 11.7 Å². The van der Waals surface area contributed by atoms with Crippen molar-refractivity contribution in [2.24, 2.45) is 0 Å². The van der Waals surface area contributed by atoms with Crippen molar-refractivity contribution in [2.45, 2.75) is 17.8 Å². The molecule has 0 atom stereocenters. The lowest BCUT2D eigenvalue weighted by Gasteiger charge is -2.31. The Morgan fingerprint density at radius 3 is 2.10 bits per heavy atom. The number of alkyl halides is 6. The number of benzene rings is 2. The van der Waals surface area contributed by atoms with Crippen molar-refractivity contribution in [3.63, 3.8) is 0 Å². The first-order chi connectivity index (χ1) is 13.8. The zero-order valence-corrected chi connectivity index (χ0v) is 15.1. The lowest BCUT2D eigenvalue weighted by molar-refractivity contribution is -0.365. The van der Waals surface area contributed by atoms with Gasteiger partial charge < -0.3 is 14.6 Å². The summed E-state index contributed by atoms with van der Waals surface area (Å²) in [5, 5.41) is 10.3. The number of hydrogen-bond acceptors (Lipinski definition) is 6. The second-order valence-corrected chi connectivity index (χ2v) is 7.07. The van der Waals surface area contributed by atoms with Crippen LogP contribution in [0.4, 0.5) is 26.3 Å². The van der Waals surface area contributed by atoms with Crippen LogP contribution in [0.2, 0.25) is 0 Å². The average molecular weight is 449 g/mol. The molecule has 0 unspecified atom stereocenters. The molecule has 0 aliphatic carbocycles. The molecular formula is C18H7F6O5S-. The van der Waals surface area contributed by atoms with E-state index in [0.717, 1.165) is 23.5 Å². The van der Waals surface area contributed by atoms with E-state index in [0.29, 0.717) is 9.40 Å². The molecule has 12 heteroatoms. The van der Waals surface area contributed by atoms with Gasteiger partial charge in [0, 0.05) is 20.2 Å². The van der Waals surface area contributed by atoms with Crippen molar-refractivity contribution in [1.82, 2.24) is 0 Å². The minimum absolute atomic E-state index is 0.0980. The second-order valence-electron chi connectivity index (χ2n) is 5.99. The van der Waals surface area contributed by atoms with Crippen LogP contribution in [0.15, 0.2) is 47.3 Å².